The van der Waals surface area contributed by atoms with E-state index in [0.717, 1.165) is 18.6 Å². The van der Waals surface area contributed by atoms with Crippen molar-refractivity contribution in [1.82, 2.24) is 10.2 Å². The number of hydrogen-bond acceptors (Lipinski definition) is 2. The fraction of sp³-hybridized carbons (Fsp3) is 1.00. The van der Waals surface area contributed by atoms with Crippen LogP contribution in [-0.4, -0.2) is 35.6 Å². The third-order valence-electron chi connectivity index (χ3n) is 3.94. The summed E-state index contributed by atoms with van der Waals surface area (Å²) >= 11 is 0. The number of nitrogens with one attached hydrogen (secondary N) is 1. The number of rotatable bonds is 6. The van der Waals surface area contributed by atoms with E-state index in [2.05, 4.69) is 44.8 Å². The van der Waals surface area contributed by atoms with Crippen molar-refractivity contribution in [3.05, 3.63) is 0 Å². The van der Waals surface area contributed by atoms with Crippen molar-refractivity contribution in [2.24, 2.45) is 0 Å². The molecule has 1 saturated carbocycles. The van der Waals surface area contributed by atoms with Gasteiger partial charge >= 0.3 is 0 Å². The highest BCUT2D eigenvalue weighted by Gasteiger charge is 2.24. The lowest BCUT2D eigenvalue weighted by Gasteiger charge is -2.34. The first-order valence-corrected chi connectivity index (χ1v) is 7.45. The molecule has 0 spiro atoms. The van der Waals surface area contributed by atoms with E-state index in [9.17, 15) is 0 Å². The molecule has 0 amide bonds. The summed E-state index contributed by atoms with van der Waals surface area (Å²) in [6.07, 6.45) is 6.99. The Labute approximate surface area is 108 Å². The monoisotopic (exact) mass is 240 g/mol. The van der Waals surface area contributed by atoms with Crippen LogP contribution in [0.15, 0.2) is 0 Å². The highest BCUT2D eigenvalue weighted by atomic mass is 15.2. The molecule has 17 heavy (non-hydrogen) atoms. The Morgan fingerprint density at radius 1 is 1.24 bits per heavy atom. The Morgan fingerprint density at radius 2 is 1.82 bits per heavy atom. The zero-order chi connectivity index (χ0) is 12.9. The zero-order valence-corrected chi connectivity index (χ0v) is 12.6. The molecule has 0 aromatic heterocycles. The molecule has 2 nitrogen and oxygen atoms in total. The van der Waals surface area contributed by atoms with Crippen molar-refractivity contribution < 1.29 is 0 Å². The van der Waals surface area contributed by atoms with Gasteiger partial charge in [-0.25, -0.2) is 0 Å². The van der Waals surface area contributed by atoms with Gasteiger partial charge in [0.25, 0.3) is 0 Å². The van der Waals surface area contributed by atoms with Crippen LogP contribution in [0.3, 0.4) is 0 Å². The molecule has 0 bridgehead atoms. The molecule has 1 aliphatic carbocycles. The summed E-state index contributed by atoms with van der Waals surface area (Å²) < 4.78 is 0. The van der Waals surface area contributed by atoms with Crippen molar-refractivity contribution in [1.29, 1.82) is 0 Å². The maximum atomic E-state index is 3.60. The summed E-state index contributed by atoms with van der Waals surface area (Å²) in [5.41, 5.74) is 0.254. The van der Waals surface area contributed by atoms with E-state index in [1.807, 2.05) is 0 Å². The molecule has 0 heterocycles. The first-order chi connectivity index (χ1) is 7.94. The van der Waals surface area contributed by atoms with Gasteiger partial charge in [0, 0.05) is 17.6 Å². The Hall–Kier alpha value is -0.0800. The van der Waals surface area contributed by atoms with Crippen LogP contribution in [0.1, 0.15) is 66.7 Å². The molecule has 0 aromatic rings. The predicted octanol–water partition coefficient (Wildman–Crippen LogP) is 3.42. The van der Waals surface area contributed by atoms with Gasteiger partial charge in [-0.1, -0.05) is 19.8 Å². The molecule has 1 atom stereocenters. The maximum Gasteiger partial charge on any atom is 0.00979 e. The number of nitrogens with zero attached hydrogens (tertiary/aromatic N) is 1. The van der Waals surface area contributed by atoms with Gasteiger partial charge in [0.1, 0.15) is 0 Å². The first-order valence-electron chi connectivity index (χ1n) is 7.45. The third-order valence-corrected chi connectivity index (χ3v) is 3.94. The predicted molar refractivity (Wildman–Crippen MR) is 76.5 cm³/mol. The van der Waals surface area contributed by atoms with Gasteiger partial charge in [-0.2, -0.15) is 0 Å². The normalized spacial score (nSPS) is 20.1. The molecule has 1 aliphatic rings. The number of hydrogen-bond donors (Lipinski definition) is 1. The van der Waals surface area contributed by atoms with E-state index in [4.69, 9.17) is 0 Å². The molecule has 1 unspecified atom stereocenters. The Balaban J connectivity index is 2.30. The average molecular weight is 240 g/mol. The molecule has 2 heteroatoms. The van der Waals surface area contributed by atoms with E-state index >= 15 is 0 Å². The van der Waals surface area contributed by atoms with E-state index in [1.54, 1.807) is 0 Å². The summed E-state index contributed by atoms with van der Waals surface area (Å²) in [6.45, 7) is 13.8. The lowest BCUT2D eigenvalue weighted by molar-refractivity contribution is 0.144. The molecule has 1 N–H and O–H groups in total. The highest BCUT2D eigenvalue weighted by Crippen LogP contribution is 2.25. The summed E-state index contributed by atoms with van der Waals surface area (Å²) in [7, 11) is 0. The van der Waals surface area contributed by atoms with E-state index in [0.29, 0.717) is 0 Å². The maximum absolute atomic E-state index is 3.60. The second kappa shape index (κ2) is 6.75. The third kappa shape index (κ3) is 5.39. The first kappa shape index (κ1) is 15.0. The van der Waals surface area contributed by atoms with Crippen molar-refractivity contribution in [2.75, 3.05) is 13.1 Å². The molecular formula is C15H32N2. The lowest BCUT2D eigenvalue weighted by Crippen LogP contribution is -2.43. The fourth-order valence-corrected chi connectivity index (χ4v) is 2.99. The van der Waals surface area contributed by atoms with Gasteiger partial charge in [-0.15, -0.1) is 0 Å². The largest absolute Gasteiger partial charge is 0.312 e. The second-order valence-corrected chi connectivity index (χ2v) is 6.58. The zero-order valence-electron chi connectivity index (χ0n) is 12.6. The van der Waals surface area contributed by atoms with Gasteiger partial charge in [-0.3, -0.25) is 4.90 Å². The molecule has 1 rings (SSSR count). The van der Waals surface area contributed by atoms with Gasteiger partial charge in [-0.05, 0) is 60.0 Å². The average Bonchev–Trinajstić information content (AvgIpc) is 2.70. The summed E-state index contributed by atoms with van der Waals surface area (Å²) in [4.78, 5) is 2.72. The van der Waals surface area contributed by atoms with Crippen LogP contribution in [0.4, 0.5) is 0 Å². The molecule has 0 aliphatic heterocycles. The Morgan fingerprint density at radius 3 is 2.29 bits per heavy atom. The Kier molecular flexibility index (Phi) is 5.94. The van der Waals surface area contributed by atoms with Crippen molar-refractivity contribution in [3.63, 3.8) is 0 Å². The van der Waals surface area contributed by atoms with Crippen LogP contribution in [0.5, 0.6) is 0 Å². The summed E-state index contributed by atoms with van der Waals surface area (Å²) in [5.74, 6) is 0. The minimum atomic E-state index is 0.254. The van der Waals surface area contributed by atoms with Crippen LogP contribution in [-0.2, 0) is 0 Å². The molecule has 1 fully saturated rings. The summed E-state index contributed by atoms with van der Waals surface area (Å²) in [5, 5.41) is 3.60. The smallest absolute Gasteiger partial charge is 0.00979 e. The van der Waals surface area contributed by atoms with Crippen molar-refractivity contribution in [3.8, 4) is 0 Å². The van der Waals surface area contributed by atoms with Crippen LogP contribution in [0.2, 0.25) is 0 Å². The fourth-order valence-electron chi connectivity index (χ4n) is 2.99. The van der Waals surface area contributed by atoms with Gasteiger partial charge in [0.2, 0.25) is 0 Å². The molecule has 0 aromatic carbocycles. The highest BCUT2D eigenvalue weighted by molar-refractivity contribution is 4.81. The van der Waals surface area contributed by atoms with Gasteiger partial charge in [0.05, 0.1) is 0 Å². The summed E-state index contributed by atoms with van der Waals surface area (Å²) in [6, 6.07) is 1.59. The minimum absolute atomic E-state index is 0.254. The topological polar surface area (TPSA) is 15.3 Å². The van der Waals surface area contributed by atoms with Crippen LogP contribution >= 0.6 is 0 Å². The lowest BCUT2D eigenvalue weighted by atomic mass is 10.1. The minimum Gasteiger partial charge on any atom is -0.312 e. The van der Waals surface area contributed by atoms with E-state index in [1.165, 1.54) is 38.6 Å². The van der Waals surface area contributed by atoms with Crippen LogP contribution in [0, 0.1) is 0 Å². The molecule has 0 radical (unpaired) electrons. The van der Waals surface area contributed by atoms with E-state index < -0.39 is 0 Å². The van der Waals surface area contributed by atoms with Gasteiger partial charge in [0.15, 0.2) is 0 Å². The van der Waals surface area contributed by atoms with Gasteiger partial charge < -0.3 is 5.32 Å². The SMILES string of the molecule is CCN(C(C)CCNC(C)(C)C)C1CCCC1. The Bertz CT molecular complexity index is 201. The van der Waals surface area contributed by atoms with Crippen LogP contribution < -0.4 is 5.32 Å². The molecule has 0 saturated heterocycles. The van der Waals surface area contributed by atoms with Crippen molar-refractivity contribution in [2.45, 2.75) is 84.3 Å². The van der Waals surface area contributed by atoms with Crippen molar-refractivity contribution >= 4 is 0 Å². The quantitative estimate of drug-likeness (QED) is 0.765. The second-order valence-electron chi connectivity index (χ2n) is 6.58. The standard InChI is InChI=1S/C15H32N2/c1-6-17(14-9-7-8-10-14)13(2)11-12-16-15(3,4)5/h13-14,16H,6-12H2,1-5H3. The van der Waals surface area contributed by atoms with Crippen LogP contribution in [0.25, 0.3) is 0 Å². The van der Waals surface area contributed by atoms with E-state index in [-0.39, 0.29) is 5.54 Å². The molecule has 102 valence electrons. The molecular weight excluding hydrogens is 208 g/mol.